The Bertz CT molecular complexity index is 1090. The molecular weight excluding hydrogens is 446 g/mol. The van der Waals surface area contributed by atoms with E-state index in [1.807, 2.05) is 71.8 Å². The number of carbonyl (C=O) groups excluding carboxylic acids is 2. The van der Waals surface area contributed by atoms with Crippen molar-refractivity contribution in [3.63, 3.8) is 0 Å². The molecule has 0 saturated carbocycles. The fourth-order valence-corrected chi connectivity index (χ4v) is 3.20. The smallest absolute Gasteiger partial charge is 0.421 e. The van der Waals surface area contributed by atoms with E-state index >= 15 is 0 Å². The highest BCUT2D eigenvalue weighted by Crippen LogP contribution is 2.22. The van der Waals surface area contributed by atoms with Crippen LogP contribution in [0.4, 0.5) is 17.3 Å². The molecule has 12 nitrogen and oxygen atoms in total. The molecule has 0 saturated heterocycles. The fourth-order valence-electron chi connectivity index (χ4n) is 3.20. The Morgan fingerprint density at radius 3 is 2.59 bits per heavy atom. The lowest BCUT2D eigenvalue weighted by atomic mass is 10.2. The second kappa shape index (κ2) is 10.8. The SMILES string of the molecule is CN(C)c1ccc(N=Nc2n(CCCC(=O)OCC(O)C3OC(=O)C(O)=C3O)cc[n+]2C)cc1. The van der Waals surface area contributed by atoms with Crippen molar-refractivity contribution in [2.75, 3.05) is 25.6 Å². The Morgan fingerprint density at radius 1 is 1.26 bits per heavy atom. The molecule has 2 atom stereocenters. The summed E-state index contributed by atoms with van der Waals surface area (Å²) in [5.74, 6) is -2.87. The minimum absolute atomic E-state index is 0.0642. The molecule has 2 aromatic rings. The molecule has 0 spiro atoms. The molecule has 0 bridgehead atoms. The molecule has 2 unspecified atom stereocenters. The van der Waals surface area contributed by atoms with Crippen LogP contribution in [0.1, 0.15) is 12.8 Å². The second-order valence-electron chi connectivity index (χ2n) is 7.93. The van der Waals surface area contributed by atoms with Gasteiger partial charge in [0.15, 0.2) is 11.9 Å². The molecular formula is C22H28N5O7+. The third kappa shape index (κ3) is 5.90. The molecule has 3 rings (SSSR count). The Labute approximate surface area is 196 Å². The van der Waals surface area contributed by atoms with Crippen LogP contribution in [0.15, 0.2) is 58.4 Å². The first-order chi connectivity index (χ1) is 16.2. The number of hydrogen-bond donors (Lipinski definition) is 3. The van der Waals surface area contributed by atoms with E-state index < -0.39 is 42.3 Å². The molecule has 0 amide bonds. The van der Waals surface area contributed by atoms with Gasteiger partial charge in [0, 0.05) is 31.3 Å². The Morgan fingerprint density at radius 2 is 1.97 bits per heavy atom. The van der Waals surface area contributed by atoms with E-state index in [0.29, 0.717) is 24.6 Å². The van der Waals surface area contributed by atoms with Gasteiger partial charge in [0.1, 0.15) is 18.4 Å². The summed E-state index contributed by atoms with van der Waals surface area (Å²) < 4.78 is 13.3. The predicted octanol–water partition coefficient (Wildman–Crippen LogP) is 1.73. The van der Waals surface area contributed by atoms with Gasteiger partial charge >= 0.3 is 17.9 Å². The maximum absolute atomic E-state index is 12.0. The molecule has 1 aromatic carbocycles. The Balaban J connectivity index is 1.48. The fraction of sp³-hybridized carbons (Fsp3) is 0.409. The van der Waals surface area contributed by atoms with Crippen LogP contribution in [0.25, 0.3) is 0 Å². The van der Waals surface area contributed by atoms with Gasteiger partial charge < -0.3 is 29.7 Å². The number of aliphatic hydroxyl groups excluding tert-OH is 3. The molecule has 0 fully saturated rings. The summed E-state index contributed by atoms with van der Waals surface area (Å²) in [4.78, 5) is 25.2. The summed E-state index contributed by atoms with van der Waals surface area (Å²) in [7, 11) is 5.76. The van der Waals surface area contributed by atoms with E-state index in [-0.39, 0.29) is 6.42 Å². The quantitative estimate of drug-likeness (QED) is 0.268. The number of cyclic esters (lactones) is 1. The van der Waals surface area contributed by atoms with Crippen LogP contribution in [0.5, 0.6) is 0 Å². The van der Waals surface area contributed by atoms with Crippen LogP contribution >= 0.6 is 0 Å². The largest absolute Gasteiger partial charge is 0.505 e. The van der Waals surface area contributed by atoms with Crippen LogP contribution in [0.3, 0.4) is 0 Å². The standard InChI is InChI=1S/C22H27N5O7/c1-25(2)15-8-6-14(7-9-15)23-24-22-26(3)11-12-27(22)10-4-5-17(29)33-13-16(28)20-18(30)19(31)21(32)34-20/h6-9,11-12,16,20,23,28H,4-5,10,13H2,1-3H3/p+1. The highest BCUT2D eigenvalue weighted by atomic mass is 16.6. The van der Waals surface area contributed by atoms with Crippen molar-refractivity contribution >= 4 is 29.3 Å². The third-order valence-corrected chi connectivity index (χ3v) is 5.15. The first-order valence-electron chi connectivity index (χ1n) is 10.6. The van der Waals surface area contributed by atoms with Crippen LogP contribution in [0, 0.1) is 0 Å². The number of imidazole rings is 1. The normalized spacial score (nSPS) is 16.7. The number of nitrogens with zero attached hydrogens (tertiary/aromatic N) is 5. The van der Waals surface area contributed by atoms with Crippen molar-refractivity contribution in [3.05, 3.63) is 48.2 Å². The van der Waals surface area contributed by atoms with Crippen LogP contribution in [-0.2, 0) is 32.7 Å². The second-order valence-corrected chi connectivity index (χ2v) is 7.93. The molecule has 0 aliphatic carbocycles. The van der Waals surface area contributed by atoms with Crippen LogP contribution < -0.4 is 9.47 Å². The highest BCUT2D eigenvalue weighted by molar-refractivity contribution is 5.89. The maximum atomic E-state index is 12.0. The summed E-state index contributed by atoms with van der Waals surface area (Å²) in [6, 6.07) is 7.65. The molecule has 1 aliphatic rings. The van der Waals surface area contributed by atoms with E-state index in [0.717, 1.165) is 5.69 Å². The van der Waals surface area contributed by atoms with Crippen molar-refractivity contribution in [1.82, 2.24) is 4.57 Å². The van der Waals surface area contributed by atoms with Gasteiger partial charge in [0.05, 0.1) is 26.0 Å². The molecule has 1 aliphatic heterocycles. The van der Waals surface area contributed by atoms with Crippen molar-refractivity contribution in [3.8, 4) is 0 Å². The number of rotatable bonds is 10. The zero-order valence-electron chi connectivity index (χ0n) is 19.2. The van der Waals surface area contributed by atoms with Gasteiger partial charge in [-0.25, -0.2) is 13.9 Å². The van der Waals surface area contributed by atoms with Gasteiger partial charge in [-0.2, -0.15) is 0 Å². The molecule has 3 N–H and O–H groups in total. The predicted molar refractivity (Wildman–Crippen MR) is 119 cm³/mol. The average molecular weight is 474 g/mol. The lowest BCUT2D eigenvalue weighted by Crippen LogP contribution is -2.33. The van der Waals surface area contributed by atoms with E-state index in [1.54, 1.807) is 0 Å². The zero-order valence-corrected chi connectivity index (χ0v) is 19.2. The average Bonchev–Trinajstić information content (AvgIpc) is 3.29. The van der Waals surface area contributed by atoms with Crippen molar-refractivity contribution in [2.24, 2.45) is 17.3 Å². The summed E-state index contributed by atoms with van der Waals surface area (Å²) in [5, 5.41) is 37.4. The molecule has 2 heterocycles. The number of anilines is 1. The number of carbonyl (C=O) groups is 2. The van der Waals surface area contributed by atoms with Gasteiger partial charge in [-0.15, -0.1) is 0 Å². The third-order valence-electron chi connectivity index (χ3n) is 5.15. The van der Waals surface area contributed by atoms with Crippen molar-refractivity contribution in [1.29, 1.82) is 0 Å². The Hall–Kier alpha value is -3.93. The maximum Gasteiger partial charge on any atom is 0.421 e. The lowest BCUT2D eigenvalue weighted by molar-refractivity contribution is -0.657. The minimum atomic E-state index is -1.50. The lowest BCUT2D eigenvalue weighted by Gasteiger charge is -2.17. The Kier molecular flexibility index (Phi) is 7.84. The summed E-state index contributed by atoms with van der Waals surface area (Å²) >= 11 is 0. The van der Waals surface area contributed by atoms with Gasteiger partial charge in [-0.3, -0.25) is 4.79 Å². The minimum Gasteiger partial charge on any atom is -0.505 e. The van der Waals surface area contributed by atoms with E-state index in [9.17, 15) is 24.9 Å². The van der Waals surface area contributed by atoms with Crippen molar-refractivity contribution in [2.45, 2.75) is 31.6 Å². The molecule has 34 heavy (non-hydrogen) atoms. The number of aliphatic hydroxyl groups is 3. The molecule has 1 aromatic heterocycles. The number of aromatic nitrogens is 2. The number of hydrogen-bond acceptors (Lipinski definition) is 10. The number of esters is 2. The monoisotopic (exact) mass is 474 g/mol. The highest BCUT2D eigenvalue weighted by Gasteiger charge is 2.39. The number of azo groups is 1. The van der Waals surface area contributed by atoms with Gasteiger partial charge in [0.25, 0.3) is 0 Å². The number of benzene rings is 1. The molecule has 182 valence electrons. The topological polar surface area (TPSA) is 150 Å². The van der Waals surface area contributed by atoms with E-state index in [4.69, 9.17) is 4.74 Å². The van der Waals surface area contributed by atoms with E-state index in [2.05, 4.69) is 15.0 Å². The molecule has 0 radical (unpaired) electrons. The van der Waals surface area contributed by atoms with Crippen LogP contribution in [0.2, 0.25) is 0 Å². The summed E-state index contributed by atoms with van der Waals surface area (Å²) in [5.41, 5.74) is 1.77. The summed E-state index contributed by atoms with van der Waals surface area (Å²) in [6.45, 7) is -0.0251. The first-order valence-corrected chi connectivity index (χ1v) is 10.6. The van der Waals surface area contributed by atoms with Gasteiger partial charge in [-0.05, 0) is 30.7 Å². The van der Waals surface area contributed by atoms with Gasteiger partial charge in [0.2, 0.25) is 5.76 Å². The van der Waals surface area contributed by atoms with Gasteiger partial charge in [-0.1, -0.05) is 5.11 Å². The van der Waals surface area contributed by atoms with Crippen molar-refractivity contribution < 1.29 is 38.9 Å². The van der Waals surface area contributed by atoms with Crippen LogP contribution in [-0.4, -0.2) is 64.7 Å². The van der Waals surface area contributed by atoms with E-state index in [1.165, 1.54) is 0 Å². The molecule has 12 heteroatoms. The summed E-state index contributed by atoms with van der Waals surface area (Å²) in [6.07, 6.45) is 1.19. The zero-order chi connectivity index (χ0) is 24.8. The number of aryl methyl sites for hydroxylation is 2. The first kappa shape index (κ1) is 24.7. The number of ether oxygens (including phenoxy) is 2.